The largest absolute Gasteiger partial charge is 0.480 e. The van der Waals surface area contributed by atoms with Gasteiger partial charge in [0.05, 0.1) is 6.54 Å². The fraction of sp³-hybridized carbons (Fsp3) is 0.471. The first-order chi connectivity index (χ1) is 11.4. The average molecular weight is 333 g/mol. The van der Waals surface area contributed by atoms with E-state index < -0.39 is 12.0 Å². The van der Waals surface area contributed by atoms with E-state index in [4.69, 9.17) is 0 Å². The van der Waals surface area contributed by atoms with Crippen LogP contribution in [0.25, 0.3) is 0 Å². The highest BCUT2D eigenvalue weighted by Crippen LogP contribution is 2.27. The molecule has 0 radical (unpaired) electrons. The normalized spacial score (nSPS) is 14.4. The standard InChI is InChI=1S/C17H23N3O4/c1-12(17(23)24)19(10-8-18-13(2)21)11-16(22)20-9-7-14-5-3-4-6-15(14)20/h3-6,12H,7-11H2,1-2H3,(H,18,21)(H,23,24). The van der Waals surface area contributed by atoms with Gasteiger partial charge in [-0.05, 0) is 25.0 Å². The number of fused-ring (bicyclic) bond motifs is 1. The number of nitrogens with one attached hydrogen (secondary N) is 1. The van der Waals surface area contributed by atoms with Crippen LogP contribution in [0.15, 0.2) is 24.3 Å². The topological polar surface area (TPSA) is 90.0 Å². The van der Waals surface area contributed by atoms with Gasteiger partial charge in [0.15, 0.2) is 0 Å². The van der Waals surface area contributed by atoms with Crippen molar-refractivity contribution in [2.75, 3.05) is 31.1 Å². The first kappa shape index (κ1) is 17.9. The summed E-state index contributed by atoms with van der Waals surface area (Å²) in [5.74, 6) is -1.30. The Bertz CT molecular complexity index is 632. The van der Waals surface area contributed by atoms with Crippen LogP contribution in [0.5, 0.6) is 0 Å². The van der Waals surface area contributed by atoms with Crippen LogP contribution in [0.3, 0.4) is 0 Å². The zero-order valence-corrected chi connectivity index (χ0v) is 14.0. The molecule has 2 N–H and O–H groups in total. The van der Waals surface area contributed by atoms with Gasteiger partial charge in [0.1, 0.15) is 6.04 Å². The second-order valence-corrected chi connectivity index (χ2v) is 5.89. The van der Waals surface area contributed by atoms with Crippen molar-refractivity contribution in [1.82, 2.24) is 10.2 Å². The first-order valence-corrected chi connectivity index (χ1v) is 7.99. The van der Waals surface area contributed by atoms with Gasteiger partial charge in [-0.15, -0.1) is 0 Å². The highest BCUT2D eigenvalue weighted by molar-refractivity contribution is 5.97. The molecule has 2 amide bonds. The molecular formula is C17H23N3O4. The molecule has 0 fully saturated rings. The third-order valence-corrected chi connectivity index (χ3v) is 4.20. The summed E-state index contributed by atoms with van der Waals surface area (Å²) in [6, 6.07) is 6.93. The highest BCUT2D eigenvalue weighted by atomic mass is 16.4. The lowest BCUT2D eigenvalue weighted by Crippen LogP contribution is -2.48. The first-order valence-electron chi connectivity index (χ1n) is 7.99. The van der Waals surface area contributed by atoms with Crippen molar-refractivity contribution in [3.05, 3.63) is 29.8 Å². The van der Waals surface area contributed by atoms with E-state index in [1.807, 2.05) is 24.3 Å². The molecule has 130 valence electrons. The molecule has 7 nitrogen and oxygen atoms in total. The van der Waals surface area contributed by atoms with E-state index >= 15 is 0 Å². The van der Waals surface area contributed by atoms with Crippen LogP contribution in [0.4, 0.5) is 5.69 Å². The van der Waals surface area contributed by atoms with Gasteiger partial charge in [-0.2, -0.15) is 0 Å². The molecule has 7 heteroatoms. The summed E-state index contributed by atoms with van der Waals surface area (Å²) in [6.07, 6.45) is 0.808. The number of benzene rings is 1. The Labute approximate surface area is 141 Å². The minimum absolute atomic E-state index is 0.00137. The lowest BCUT2D eigenvalue weighted by atomic mass is 10.2. The fourth-order valence-electron chi connectivity index (χ4n) is 2.80. The Morgan fingerprint density at radius 3 is 2.71 bits per heavy atom. The average Bonchev–Trinajstić information content (AvgIpc) is 2.96. The molecule has 1 aliphatic rings. The predicted molar refractivity (Wildman–Crippen MR) is 89.9 cm³/mol. The zero-order valence-electron chi connectivity index (χ0n) is 14.0. The second kappa shape index (κ2) is 7.92. The Morgan fingerprint density at radius 1 is 1.33 bits per heavy atom. The molecule has 0 aliphatic carbocycles. The number of carbonyl (C=O) groups is 3. The van der Waals surface area contributed by atoms with E-state index in [9.17, 15) is 19.5 Å². The van der Waals surface area contributed by atoms with Crippen molar-refractivity contribution >= 4 is 23.5 Å². The van der Waals surface area contributed by atoms with Gasteiger partial charge in [0.25, 0.3) is 0 Å². The molecule has 1 unspecified atom stereocenters. The lowest BCUT2D eigenvalue weighted by Gasteiger charge is -2.28. The summed E-state index contributed by atoms with van der Waals surface area (Å²) in [5.41, 5.74) is 2.02. The Hall–Kier alpha value is -2.41. The third-order valence-electron chi connectivity index (χ3n) is 4.20. The fourth-order valence-corrected chi connectivity index (χ4v) is 2.80. The number of anilines is 1. The van der Waals surface area contributed by atoms with E-state index in [1.54, 1.807) is 16.7 Å². The van der Waals surface area contributed by atoms with Gasteiger partial charge in [-0.1, -0.05) is 18.2 Å². The second-order valence-electron chi connectivity index (χ2n) is 5.89. The van der Waals surface area contributed by atoms with Crippen LogP contribution in [-0.4, -0.2) is 60.0 Å². The van der Waals surface area contributed by atoms with Gasteiger partial charge in [0, 0.05) is 32.2 Å². The zero-order chi connectivity index (χ0) is 17.7. The van der Waals surface area contributed by atoms with Crippen LogP contribution in [0, 0.1) is 0 Å². The van der Waals surface area contributed by atoms with Crippen molar-refractivity contribution in [2.24, 2.45) is 0 Å². The van der Waals surface area contributed by atoms with E-state index in [2.05, 4.69) is 5.32 Å². The molecule has 0 spiro atoms. The molecule has 1 aliphatic heterocycles. The van der Waals surface area contributed by atoms with Crippen LogP contribution in [0.1, 0.15) is 19.4 Å². The number of para-hydroxylation sites is 1. The van der Waals surface area contributed by atoms with E-state index in [0.29, 0.717) is 19.6 Å². The third kappa shape index (κ3) is 4.32. The predicted octanol–water partition coefficient (Wildman–Crippen LogP) is 0.487. The Morgan fingerprint density at radius 2 is 2.04 bits per heavy atom. The van der Waals surface area contributed by atoms with Crippen LogP contribution in [0.2, 0.25) is 0 Å². The van der Waals surface area contributed by atoms with Gasteiger partial charge in [-0.25, -0.2) is 0 Å². The maximum atomic E-state index is 12.6. The summed E-state index contributed by atoms with van der Waals surface area (Å²) >= 11 is 0. The molecule has 0 bridgehead atoms. The molecular weight excluding hydrogens is 310 g/mol. The van der Waals surface area contributed by atoms with Crippen molar-refractivity contribution in [3.63, 3.8) is 0 Å². The van der Waals surface area contributed by atoms with E-state index in [1.165, 1.54) is 6.92 Å². The summed E-state index contributed by atoms with van der Waals surface area (Å²) in [7, 11) is 0. The van der Waals surface area contributed by atoms with Gasteiger partial charge in [-0.3, -0.25) is 19.3 Å². The summed E-state index contributed by atoms with van der Waals surface area (Å²) in [6.45, 7) is 4.16. The SMILES string of the molecule is CC(=O)NCCN(CC(=O)N1CCc2ccccc21)C(C)C(=O)O. The van der Waals surface area contributed by atoms with Gasteiger partial charge in [0.2, 0.25) is 11.8 Å². The molecule has 2 rings (SSSR count). The Balaban J connectivity index is 2.04. The number of rotatable bonds is 7. The summed E-state index contributed by atoms with van der Waals surface area (Å²) in [4.78, 5) is 38.2. The van der Waals surface area contributed by atoms with Crippen molar-refractivity contribution in [2.45, 2.75) is 26.3 Å². The van der Waals surface area contributed by atoms with E-state index in [0.717, 1.165) is 17.7 Å². The molecule has 0 saturated carbocycles. The van der Waals surface area contributed by atoms with Crippen LogP contribution >= 0.6 is 0 Å². The minimum atomic E-state index is -0.993. The number of amides is 2. The minimum Gasteiger partial charge on any atom is -0.480 e. The molecule has 0 aromatic heterocycles. The molecule has 24 heavy (non-hydrogen) atoms. The van der Waals surface area contributed by atoms with Crippen LogP contribution < -0.4 is 10.2 Å². The molecule has 1 aromatic rings. The lowest BCUT2D eigenvalue weighted by molar-refractivity contribution is -0.143. The number of hydrogen-bond donors (Lipinski definition) is 2. The smallest absolute Gasteiger partial charge is 0.320 e. The van der Waals surface area contributed by atoms with Gasteiger partial charge >= 0.3 is 5.97 Å². The van der Waals surface area contributed by atoms with Crippen molar-refractivity contribution in [1.29, 1.82) is 0 Å². The number of carbonyl (C=O) groups excluding carboxylic acids is 2. The molecule has 1 atom stereocenters. The molecule has 0 saturated heterocycles. The number of aliphatic carboxylic acids is 1. The molecule has 1 aromatic carbocycles. The number of nitrogens with zero attached hydrogens (tertiary/aromatic N) is 2. The number of carboxylic acids is 1. The molecule has 1 heterocycles. The van der Waals surface area contributed by atoms with E-state index in [-0.39, 0.29) is 18.4 Å². The maximum absolute atomic E-state index is 12.6. The van der Waals surface area contributed by atoms with Crippen LogP contribution in [-0.2, 0) is 20.8 Å². The number of hydrogen-bond acceptors (Lipinski definition) is 4. The highest BCUT2D eigenvalue weighted by Gasteiger charge is 2.28. The van der Waals surface area contributed by atoms with Crippen molar-refractivity contribution < 1.29 is 19.5 Å². The monoisotopic (exact) mass is 333 g/mol. The Kier molecular flexibility index (Phi) is 5.92. The van der Waals surface area contributed by atoms with Crippen molar-refractivity contribution in [3.8, 4) is 0 Å². The quantitative estimate of drug-likeness (QED) is 0.758. The summed E-state index contributed by atoms with van der Waals surface area (Å²) in [5, 5.41) is 11.9. The van der Waals surface area contributed by atoms with Gasteiger partial charge < -0.3 is 15.3 Å². The number of carboxylic acid groups (broad SMARTS) is 1. The summed E-state index contributed by atoms with van der Waals surface area (Å²) < 4.78 is 0. The maximum Gasteiger partial charge on any atom is 0.320 e.